The quantitative estimate of drug-likeness (QED) is 0.838. The Morgan fingerprint density at radius 1 is 1.45 bits per heavy atom. The van der Waals surface area contributed by atoms with Crippen molar-refractivity contribution >= 4 is 11.0 Å². The molecule has 1 aromatic heterocycles. The lowest BCUT2D eigenvalue weighted by Crippen LogP contribution is -2.26. The van der Waals surface area contributed by atoms with Gasteiger partial charge in [0.15, 0.2) is 0 Å². The zero-order valence-electron chi connectivity index (χ0n) is 12.2. The summed E-state index contributed by atoms with van der Waals surface area (Å²) in [5.41, 5.74) is 2.29. The molecule has 4 heteroatoms. The average molecular weight is 269 g/mol. The van der Waals surface area contributed by atoms with E-state index in [4.69, 9.17) is 15.0 Å². The lowest BCUT2D eigenvalue weighted by atomic mass is 10.0. The van der Waals surface area contributed by atoms with Crippen molar-refractivity contribution in [3.05, 3.63) is 29.6 Å². The predicted octanol–water partition coefficient (Wildman–Crippen LogP) is 3.51. The maximum Gasteiger partial charge on any atom is 0.142 e. The lowest BCUT2D eigenvalue weighted by molar-refractivity contribution is 0.00621. The monoisotopic (exact) mass is 269 g/mol. The molecule has 0 radical (unpaired) electrons. The van der Waals surface area contributed by atoms with Crippen LogP contribution in [0.5, 0.6) is 0 Å². The molecule has 1 aliphatic rings. The number of benzene rings is 1. The van der Waals surface area contributed by atoms with Crippen LogP contribution in [-0.2, 0) is 10.3 Å². The molecule has 3 rings (SSSR count). The Bertz CT molecular complexity index is 688. The summed E-state index contributed by atoms with van der Waals surface area (Å²) in [5, 5.41) is 9.04. The topological polar surface area (TPSA) is 50.8 Å². The van der Waals surface area contributed by atoms with Crippen molar-refractivity contribution in [3.8, 4) is 6.07 Å². The van der Waals surface area contributed by atoms with Crippen molar-refractivity contribution in [1.82, 2.24) is 9.55 Å². The molecule has 1 aromatic carbocycles. The second-order valence-electron chi connectivity index (χ2n) is 5.90. The highest BCUT2D eigenvalue weighted by Gasteiger charge is 2.37. The van der Waals surface area contributed by atoms with E-state index < -0.39 is 0 Å². The Morgan fingerprint density at radius 3 is 2.85 bits per heavy atom. The van der Waals surface area contributed by atoms with Gasteiger partial charge in [-0.1, -0.05) is 0 Å². The number of ether oxygens (including phenoxy) is 1. The molecule has 0 aliphatic carbocycles. The second-order valence-corrected chi connectivity index (χ2v) is 5.90. The first-order valence-electron chi connectivity index (χ1n) is 7.12. The lowest BCUT2D eigenvalue weighted by Gasteiger charge is -2.25. The molecule has 1 aliphatic heterocycles. The Labute approximate surface area is 119 Å². The third kappa shape index (κ3) is 1.90. The summed E-state index contributed by atoms with van der Waals surface area (Å²) in [6.07, 6.45) is 2.06. The first-order valence-corrected chi connectivity index (χ1v) is 7.12. The van der Waals surface area contributed by atoms with Gasteiger partial charge in [0.1, 0.15) is 11.4 Å². The number of fused-ring (bicyclic) bond motifs is 1. The Hall–Kier alpha value is -1.86. The second kappa shape index (κ2) is 4.60. The van der Waals surface area contributed by atoms with Gasteiger partial charge >= 0.3 is 0 Å². The molecule has 20 heavy (non-hydrogen) atoms. The van der Waals surface area contributed by atoms with Gasteiger partial charge in [-0.3, -0.25) is 0 Å². The number of nitriles is 1. The van der Waals surface area contributed by atoms with Crippen molar-refractivity contribution in [2.75, 3.05) is 6.61 Å². The fourth-order valence-electron chi connectivity index (χ4n) is 3.02. The number of hydrogen-bond donors (Lipinski definition) is 0. The third-order valence-corrected chi connectivity index (χ3v) is 4.03. The zero-order valence-corrected chi connectivity index (χ0v) is 12.2. The minimum atomic E-state index is -0.309. The summed E-state index contributed by atoms with van der Waals surface area (Å²) in [7, 11) is 0. The summed E-state index contributed by atoms with van der Waals surface area (Å²) in [4.78, 5) is 4.78. The van der Waals surface area contributed by atoms with Crippen LogP contribution >= 0.6 is 0 Å². The highest BCUT2D eigenvalue weighted by atomic mass is 16.5. The van der Waals surface area contributed by atoms with E-state index in [2.05, 4.69) is 31.4 Å². The van der Waals surface area contributed by atoms with Crippen LogP contribution in [0.3, 0.4) is 0 Å². The van der Waals surface area contributed by atoms with Gasteiger partial charge in [-0.15, -0.1) is 0 Å². The molecule has 0 amide bonds. The first-order chi connectivity index (χ1) is 9.55. The molecule has 1 fully saturated rings. The zero-order chi connectivity index (χ0) is 14.3. The van der Waals surface area contributed by atoms with E-state index in [1.54, 1.807) is 0 Å². The third-order valence-electron chi connectivity index (χ3n) is 4.03. The van der Waals surface area contributed by atoms with Gasteiger partial charge in [0.25, 0.3) is 0 Å². The van der Waals surface area contributed by atoms with E-state index in [-0.39, 0.29) is 5.60 Å². The van der Waals surface area contributed by atoms with Gasteiger partial charge in [0, 0.05) is 12.6 Å². The van der Waals surface area contributed by atoms with Crippen molar-refractivity contribution in [1.29, 1.82) is 5.26 Å². The molecular formula is C16H19N3O. The first kappa shape index (κ1) is 13.1. The van der Waals surface area contributed by atoms with Gasteiger partial charge in [-0.25, -0.2) is 4.98 Å². The van der Waals surface area contributed by atoms with E-state index >= 15 is 0 Å². The highest BCUT2D eigenvalue weighted by molar-refractivity contribution is 5.78. The number of rotatable bonds is 2. The molecular weight excluding hydrogens is 250 g/mol. The van der Waals surface area contributed by atoms with E-state index in [1.807, 2.05) is 18.2 Å². The molecule has 0 bridgehead atoms. The molecule has 2 aromatic rings. The minimum Gasteiger partial charge on any atom is -0.367 e. The van der Waals surface area contributed by atoms with Crippen molar-refractivity contribution < 1.29 is 4.74 Å². The van der Waals surface area contributed by atoms with Crippen molar-refractivity contribution in [2.45, 2.75) is 45.3 Å². The molecule has 1 atom stereocenters. The van der Waals surface area contributed by atoms with E-state index in [0.717, 1.165) is 36.3 Å². The van der Waals surface area contributed by atoms with Gasteiger partial charge in [-0.2, -0.15) is 5.26 Å². The number of aromatic nitrogens is 2. The maximum absolute atomic E-state index is 9.04. The summed E-state index contributed by atoms with van der Waals surface area (Å²) < 4.78 is 8.19. The van der Waals surface area contributed by atoms with Crippen LogP contribution in [0.15, 0.2) is 18.2 Å². The molecule has 4 nitrogen and oxygen atoms in total. The number of nitrogens with zero attached hydrogens (tertiary/aromatic N) is 3. The van der Waals surface area contributed by atoms with Crippen LogP contribution in [0.1, 0.15) is 51.0 Å². The normalized spacial score (nSPS) is 22.6. The molecule has 104 valence electrons. The van der Waals surface area contributed by atoms with Crippen LogP contribution in [0.4, 0.5) is 0 Å². The Balaban J connectivity index is 2.25. The summed E-state index contributed by atoms with van der Waals surface area (Å²) >= 11 is 0. The smallest absolute Gasteiger partial charge is 0.142 e. The minimum absolute atomic E-state index is 0.309. The Kier molecular flexibility index (Phi) is 3.02. The van der Waals surface area contributed by atoms with Crippen LogP contribution in [-0.4, -0.2) is 16.2 Å². The van der Waals surface area contributed by atoms with Crippen molar-refractivity contribution in [2.24, 2.45) is 0 Å². The van der Waals surface area contributed by atoms with Gasteiger partial charge in [-0.05, 0) is 51.8 Å². The predicted molar refractivity (Wildman–Crippen MR) is 77.4 cm³/mol. The van der Waals surface area contributed by atoms with Crippen LogP contribution in [0.25, 0.3) is 11.0 Å². The molecule has 1 saturated heterocycles. The molecule has 2 heterocycles. The fourth-order valence-corrected chi connectivity index (χ4v) is 3.02. The Morgan fingerprint density at radius 2 is 2.25 bits per heavy atom. The average Bonchev–Trinajstić information content (AvgIpc) is 3.02. The maximum atomic E-state index is 9.04. The fraction of sp³-hybridized carbons (Fsp3) is 0.500. The van der Waals surface area contributed by atoms with Crippen LogP contribution < -0.4 is 0 Å². The summed E-state index contributed by atoms with van der Waals surface area (Å²) in [6, 6.07) is 8.18. The molecule has 0 spiro atoms. The van der Waals surface area contributed by atoms with Gasteiger partial charge < -0.3 is 9.30 Å². The van der Waals surface area contributed by atoms with E-state index in [9.17, 15) is 0 Å². The number of hydrogen-bond acceptors (Lipinski definition) is 3. The van der Waals surface area contributed by atoms with Crippen LogP contribution in [0.2, 0.25) is 0 Å². The SMILES string of the molecule is CC(C)n1c(C2(C)CCCO2)nc2cc(C#N)ccc21. The molecule has 0 saturated carbocycles. The molecule has 1 unspecified atom stereocenters. The van der Waals surface area contributed by atoms with Gasteiger partial charge in [0.2, 0.25) is 0 Å². The van der Waals surface area contributed by atoms with E-state index in [0.29, 0.717) is 11.6 Å². The van der Waals surface area contributed by atoms with Crippen molar-refractivity contribution in [3.63, 3.8) is 0 Å². The van der Waals surface area contributed by atoms with E-state index in [1.165, 1.54) is 0 Å². The molecule has 0 N–H and O–H groups in total. The standard InChI is InChI=1S/C16H19N3O/c1-11(2)19-14-6-5-12(10-17)9-13(14)18-15(19)16(3)7-4-8-20-16/h5-6,9,11H,4,7-8H2,1-3H3. The number of imidazole rings is 1. The van der Waals surface area contributed by atoms with Crippen LogP contribution in [0, 0.1) is 11.3 Å². The summed E-state index contributed by atoms with van der Waals surface area (Å²) in [5.74, 6) is 0.982. The van der Waals surface area contributed by atoms with Gasteiger partial charge in [0.05, 0.1) is 22.7 Å². The highest BCUT2D eigenvalue weighted by Crippen LogP contribution is 2.38. The largest absolute Gasteiger partial charge is 0.367 e. The summed E-state index contributed by atoms with van der Waals surface area (Å²) in [6.45, 7) is 7.22.